The van der Waals surface area contributed by atoms with Crippen molar-refractivity contribution < 1.29 is 9.21 Å². The number of fused-ring (bicyclic) bond motifs is 1. The second kappa shape index (κ2) is 10.1. The molecule has 33 heavy (non-hydrogen) atoms. The first-order chi connectivity index (χ1) is 15.9. The van der Waals surface area contributed by atoms with Crippen molar-refractivity contribution in [1.82, 2.24) is 9.99 Å². The molecule has 0 aliphatic heterocycles. The van der Waals surface area contributed by atoms with E-state index in [1.54, 1.807) is 12.3 Å². The fourth-order valence-electron chi connectivity index (χ4n) is 3.91. The lowest BCUT2D eigenvalue weighted by molar-refractivity contribution is 0.0929. The van der Waals surface area contributed by atoms with Crippen molar-refractivity contribution in [1.29, 1.82) is 0 Å². The van der Waals surface area contributed by atoms with Crippen LogP contribution in [0.2, 0.25) is 0 Å². The molecule has 4 rings (SSSR count). The van der Waals surface area contributed by atoms with Gasteiger partial charge in [0.25, 0.3) is 0 Å². The summed E-state index contributed by atoms with van der Waals surface area (Å²) in [6, 6.07) is 16.2. The summed E-state index contributed by atoms with van der Waals surface area (Å²) in [5, 5.41) is 4.99. The normalized spacial score (nSPS) is 11.5. The molecular weight excluding hydrogens is 546 g/mol. The smallest absolute Gasteiger partial charge is 0.307 e. The van der Waals surface area contributed by atoms with Gasteiger partial charge in [0.2, 0.25) is 0 Å². The number of furan rings is 1. The Morgan fingerprint density at radius 2 is 1.88 bits per heavy atom. The first-order valence-electron chi connectivity index (χ1n) is 10.9. The summed E-state index contributed by atoms with van der Waals surface area (Å²) in [7, 11) is 0. The maximum atomic E-state index is 12.5. The summed E-state index contributed by atoms with van der Waals surface area (Å²) in [4.78, 5) is 12.5. The van der Waals surface area contributed by atoms with Crippen molar-refractivity contribution in [3.05, 3.63) is 85.8 Å². The molecule has 0 fully saturated rings. The Bertz CT molecular complexity index is 1330. The molecule has 0 aliphatic rings. The third-order valence-corrected chi connectivity index (χ3v) is 6.66. The molecule has 2 aromatic heterocycles. The van der Waals surface area contributed by atoms with Gasteiger partial charge in [-0.1, -0.05) is 41.4 Å². The van der Waals surface area contributed by atoms with Crippen molar-refractivity contribution >= 4 is 55.0 Å². The number of hydrazone groups is 1. The fourth-order valence-corrected chi connectivity index (χ4v) is 5.25. The number of aromatic nitrogens is 1. The summed E-state index contributed by atoms with van der Waals surface area (Å²) in [5.74, 6) is -0.198. The van der Waals surface area contributed by atoms with Gasteiger partial charge in [-0.25, -0.2) is 5.43 Å². The van der Waals surface area contributed by atoms with E-state index in [2.05, 4.69) is 98.1 Å². The van der Waals surface area contributed by atoms with E-state index in [-0.39, 0.29) is 5.76 Å². The van der Waals surface area contributed by atoms with Crippen LogP contribution in [0.25, 0.3) is 16.7 Å². The van der Waals surface area contributed by atoms with Gasteiger partial charge in [-0.2, -0.15) is 5.10 Å². The van der Waals surface area contributed by atoms with Crippen LogP contribution in [0.3, 0.4) is 0 Å². The van der Waals surface area contributed by atoms with Crippen molar-refractivity contribution in [2.45, 2.75) is 40.0 Å². The van der Waals surface area contributed by atoms with Gasteiger partial charge in [-0.3, -0.25) is 4.79 Å². The third-order valence-electron chi connectivity index (χ3n) is 5.61. The van der Waals surface area contributed by atoms with E-state index in [4.69, 9.17) is 4.42 Å². The molecule has 5 nitrogen and oxygen atoms in total. The largest absolute Gasteiger partial charge is 0.450 e. The van der Waals surface area contributed by atoms with Gasteiger partial charge < -0.3 is 8.98 Å². The maximum absolute atomic E-state index is 12.5. The van der Waals surface area contributed by atoms with Crippen LogP contribution in [-0.4, -0.2) is 16.7 Å². The Morgan fingerprint density at radius 1 is 1.12 bits per heavy atom. The highest BCUT2D eigenvalue weighted by Crippen LogP contribution is 2.31. The number of unbranched alkanes of at least 4 members (excludes halogenated alkanes) is 1. The van der Waals surface area contributed by atoms with E-state index in [9.17, 15) is 4.79 Å². The lowest BCUT2D eigenvalue weighted by atomic mass is 10.1. The SMILES string of the molecule is CCCCc1ccc(-n2c(C)cc(/C=N\NC(=O)c3cc4cc(Br)cc(Br)c4o3)c2C)cc1. The first kappa shape index (κ1) is 23.5. The highest BCUT2D eigenvalue weighted by Gasteiger charge is 2.15. The van der Waals surface area contributed by atoms with Gasteiger partial charge in [0.05, 0.1) is 10.7 Å². The molecule has 1 amide bonds. The van der Waals surface area contributed by atoms with Crippen molar-refractivity contribution in [3.8, 4) is 5.69 Å². The van der Waals surface area contributed by atoms with Gasteiger partial charge in [-0.15, -0.1) is 0 Å². The Balaban J connectivity index is 1.49. The lowest BCUT2D eigenvalue weighted by Gasteiger charge is -2.10. The number of rotatable bonds is 7. The van der Waals surface area contributed by atoms with Crippen molar-refractivity contribution in [3.63, 3.8) is 0 Å². The zero-order chi connectivity index (χ0) is 23.5. The molecule has 0 bridgehead atoms. The van der Waals surface area contributed by atoms with E-state index in [0.717, 1.165) is 43.4 Å². The number of carbonyl (C=O) groups is 1. The Hall–Kier alpha value is -2.64. The van der Waals surface area contributed by atoms with E-state index >= 15 is 0 Å². The van der Waals surface area contributed by atoms with Crippen LogP contribution in [0.4, 0.5) is 0 Å². The number of nitrogens with one attached hydrogen (secondary N) is 1. The Labute approximate surface area is 210 Å². The van der Waals surface area contributed by atoms with Gasteiger partial charge in [0.1, 0.15) is 5.58 Å². The van der Waals surface area contributed by atoms with Crippen LogP contribution in [0.15, 0.2) is 67.0 Å². The molecule has 0 saturated heterocycles. The summed E-state index contributed by atoms with van der Waals surface area (Å²) in [6.07, 6.45) is 5.18. The van der Waals surface area contributed by atoms with Crippen LogP contribution < -0.4 is 5.43 Å². The first-order valence-corrected chi connectivity index (χ1v) is 12.5. The van der Waals surface area contributed by atoms with Crippen LogP contribution in [0, 0.1) is 13.8 Å². The summed E-state index contributed by atoms with van der Waals surface area (Å²) < 4.78 is 9.57. The van der Waals surface area contributed by atoms with Crippen LogP contribution in [0.5, 0.6) is 0 Å². The van der Waals surface area contributed by atoms with Gasteiger partial charge >= 0.3 is 5.91 Å². The minimum absolute atomic E-state index is 0.203. The number of carbonyl (C=O) groups excluding carboxylic acids is 1. The quantitative estimate of drug-likeness (QED) is 0.185. The number of halogens is 2. The number of aryl methyl sites for hydroxylation is 2. The number of nitrogens with zero attached hydrogens (tertiary/aromatic N) is 2. The number of benzene rings is 2. The second-order valence-electron chi connectivity index (χ2n) is 8.05. The molecule has 1 N–H and O–H groups in total. The number of amides is 1. The predicted molar refractivity (Wildman–Crippen MR) is 141 cm³/mol. The summed E-state index contributed by atoms with van der Waals surface area (Å²) in [6.45, 7) is 6.33. The van der Waals surface area contributed by atoms with E-state index < -0.39 is 5.91 Å². The van der Waals surface area contributed by atoms with Crippen LogP contribution >= 0.6 is 31.9 Å². The topological polar surface area (TPSA) is 59.5 Å². The van der Waals surface area contributed by atoms with Gasteiger partial charge in [-0.05, 0) is 84.6 Å². The average molecular weight is 571 g/mol. The maximum Gasteiger partial charge on any atom is 0.307 e. The monoisotopic (exact) mass is 569 g/mol. The van der Waals surface area contributed by atoms with Crippen LogP contribution in [0.1, 0.15) is 52.8 Å². The predicted octanol–water partition coefficient (Wildman–Crippen LogP) is 7.47. The Kier molecular flexibility index (Phi) is 7.20. The van der Waals surface area contributed by atoms with E-state index in [1.807, 2.05) is 12.1 Å². The molecular formula is C26H25Br2N3O2. The molecule has 0 aliphatic carbocycles. The molecule has 2 aromatic carbocycles. The average Bonchev–Trinajstić information content (AvgIpc) is 3.33. The molecule has 2 heterocycles. The minimum Gasteiger partial charge on any atom is -0.450 e. The number of hydrogen-bond donors (Lipinski definition) is 1. The van der Waals surface area contributed by atoms with Gasteiger partial charge in [0, 0.05) is 32.5 Å². The van der Waals surface area contributed by atoms with Gasteiger partial charge in [0.15, 0.2) is 5.76 Å². The van der Waals surface area contributed by atoms with E-state index in [0.29, 0.717) is 5.58 Å². The molecule has 0 unspecified atom stereocenters. The van der Waals surface area contributed by atoms with Crippen molar-refractivity contribution in [2.24, 2.45) is 5.10 Å². The second-order valence-corrected chi connectivity index (χ2v) is 9.82. The molecule has 0 atom stereocenters. The summed E-state index contributed by atoms with van der Waals surface area (Å²) in [5.41, 5.74) is 8.77. The molecule has 4 aromatic rings. The van der Waals surface area contributed by atoms with Crippen molar-refractivity contribution in [2.75, 3.05) is 0 Å². The zero-order valence-corrected chi connectivity index (χ0v) is 22.0. The highest BCUT2D eigenvalue weighted by atomic mass is 79.9. The molecule has 0 spiro atoms. The lowest BCUT2D eigenvalue weighted by Crippen LogP contribution is -2.16. The van der Waals surface area contributed by atoms with E-state index in [1.165, 1.54) is 18.4 Å². The Morgan fingerprint density at radius 3 is 2.61 bits per heavy atom. The molecule has 7 heteroatoms. The molecule has 170 valence electrons. The zero-order valence-electron chi connectivity index (χ0n) is 18.8. The molecule has 0 radical (unpaired) electrons. The fraction of sp³-hybridized carbons (Fsp3) is 0.231. The molecule has 0 saturated carbocycles. The minimum atomic E-state index is -0.401. The number of hydrogen-bond acceptors (Lipinski definition) is 3. The summed E-state index contributed by atoms with van der Waals surface area (Å²) >= 11 is 6.90. The highest BCUT2D eigenvalue weighted by molar-refractivity contribution is 9.11. The third kappa shape index (κ3) is 5.14. The van der Waals surface area contributed by atoms with Crippen LogP contribution in [-0.2, 0) is 6.42 Å². The standard InChI is InChI=1S/C26H25Br2N3O2/c1-4-5-6-18-7-9-22(10-8-18)31-16(2)11-20(17(31)3)15-29-30-26(32)24-13-19-12-21(27)14-23(28)25(19)33-24/h7-15H,4-6H2,1-3H3,(H,30,32)/b29-15-.